The van der Waals surface area contributed by atoms with Crippen LogP contribution in [0.3, 0.4) is 0 Å². The second kappa shape index (κ2) is 8.77. The van der Waals surface area contributed by atoms with E-state index in [0.29, 0.717) is 33.4 Å². The molecule has 0 fully saturated rings. The van der Waals surface area contributed by atoms with Crippen molar-refractivity contribution in [2.75, 3.05) is 6.61 Å². The van der Waals surface area contributed by atoms with Gasteiger partial charge in [0.2, 0.25) is 5.88 Å². The van der Waals surface area contributed by atoms with Gasteiger partial charge in [-0.15, -0.1) is 0 Å². The van der Waals surface area contributed by atoms with Gasteiger partial charge in [-0.1, -0.05) is 59.6 Å². The van der Waals surface area contributed by atoms with Gasteiger partial charge in [-0.05, 0) is 36.1 Å². The van der Waals surface area contributed by atoms with Crippen LogP contribution in [0.1, 0.15) is 42.7 Å². The summed E-state index contributed by atoms with van der Waals surface area (Å²) in [5.74, 6) is -1.30. The standard InChI is InChI=1S/C24H21Cl2NO4/c1-2-30-24(29)22-20(15-8-4-6-10-17(15)26)21-18(28)11-13(12-19(21)31-23(22)27)14-7-3-5-9-16(14)25/h3-10,13,20H,2,11-12,27H2,1H3. The lowest BCUT2D eigenvalue weighted by atomic mass is 9.73. The molecule has 0 saturated heterocycles. The van der Waals surface area contributed by atoms with Gasteiger partial charge in [-0.3, -0.25) is 4.79 Å². The molecule has 1 aliphatic carbocycles. The Morgan fingerprint density at radius 1 is 1.06 bits per heavy atom. The minimum Gasteiger partial charge on any atom is -0.462 e. The molecule has 2 aliphatic rings. The molecule has 0 saturated carbocycles. The molecule has 160 valence electrons. The molecule has 2 N–H and O–H groups in total. The zero-order valence-corrected chi connectivity index (χ0v) is 18.4. The minimum absolute atomic E-state index is 0.0743. The predicted octanol–water partition coefficient (Wildman–Crippen LogP) is 5.24. The molecule has 2 aromatic carbocycles. The number of benzene rings is 2. The largest absolute Gasteiger partial charge is 0.462 e. The number of Topliss-reactive ketones (excluding diaryl/α,β-unsaturated/α-hetero) is 1. The second-order valence-electron chi connectivity index (χ2n) is 7.44. The first-order valence-corrected chi connectivity index (χ1v) is 10.8. The van der Waals surface area contributed by atoms with Crippen molar-refractivity contribution in [3.8, 4) is 0 Å². The highest BCUT2D eigenvalue weighted by molar-refractivity contribution is 6.32. The Hall–Kier alpha value is -2.76. The van der Waals surface area contributed by atoms with E-state index in [2.05, 4.69) is 0 Å². The monoisotopic (exact) mass is 457 g/mol. The number of nitrogens with two attached hydrogens (primary N) is 1. The maximum Gasteiger partial charge on any atom is 0.340 e. The molecule has 0 aromatic heterocycles. The number of allylic oxidation sites excluding steroid dienone is 2. The van der Waals surface area contributed by atoms with E-state index < -0.39 is 11.9 Å². The first kappa shape index (κ1) is 21.5. The molecule has 0 amide bonds. The Morgan fingerprint density at radius 2 is 1.68 bits per heavy atom. The molecule has 0 spiro atoms. The fourth-order valence-electron chi connectivity index (χ4n) is 4.26. The van der Waals surface area contributed by atoms with E-state index in [1.54, 1.807) is 37.3 Å². The molecule has 0 bridgehead atoms. The summed E-state index contributed by atoms with van der Waals surface area (Å²) in [4.78, 5) is 26.2. The molecule has 2 unspecified atom stereocenters. The van der Waals surface area contributed by atoms with E-state index in [1.807, 2.05) is 18.2 Å². The molecule has 2 aromatic rings. The molecule has 1 aliphatic heterocycles. The van der Waals surface area contributed by atoms with E-state index in [4.69, 9.17) is 38.4 Å². The van der Waals surface area contributed by atoms with E-state index >= 15 is 0 Å². The van der Waals surface area contributed by atoms with Crippen molar-refractivity contribution in [2.24, 2.45) is 5.73 Å². The summed E-state index contributed by atoms with van der Waals surface area (Å²) < 4.78 is 11.1. The smallest absolute Gasteiger partial charge is 0.340 e. The van der Waals surface area contributed by atoms with Crippen LogP contribution in [0.25, 0.3) is 0 Å². The van der Waals surface area contributed by atoms with Gasteiger partial charge in [0, 0.05) is 28.5 Å². The summed E-state index contributed by atoms with van der Waals surface area (Å²) in [5.41, 5.74) is 8.17. The third-order valence-electron chi connectivity index (χ3n) is 5.60. The molecule has 5 nitrogen and oxygen atoms in total. The predicted molar refractivity (Wildman–Crippen MR) is 119 cm³/mol. The lowest BCUT2D eigenvalue weighted by molar-refractivity contribution is -0.139. The van der Waals surface area contributed by atoms with Crippen LogP contribution in [-0.4, -0.2) is 18.4 Å². The van der Waals surface area contributed by atoms with Crippen molar-refractivity contribution in [1.29, 1.82) is 0 Å². The number of hydrogen-bond acceptors (Lipinski definition) is 5. The van der Waals surface area contributed by atoms with Gasteiger partial charge in [0.1, 0.15) is 11.3 Å². The van der Waals surface area contributed by atoms with Crippen LogP contribution in [0.4, 0.5) is 0 Å². The molecule has 7 heteroatoms. The fraction of sp³-hybridized carbons (Fsp3) is 0.250. The van der Waals surface area contributed by atoms with Crippen molar-refractivity contribution in [3.63, 3.8) is 0 Å². The number of halogens is 2. The third kappa shape index (κ3) is 3.95. The topological polar surface area (TPSA) is 78.6 Å². The van der Waals surface area contributed by atoms with E-state index in [0.717, 1.165) is 5.56 Å². The molecule has 0 radical (unpaired) electrons. The second-order valence-corrected chi connectivity index (χ2v) is 8.26. The van der Waals surface area contributed by atoms with Crippen molar-refractivity contribution in [3.05, 3.63) is 92.5 Å². The van der Waals surface area contributed by atoms with Crippen LogP contribution in [0.2, 0.25) is 10.0 Å². The number of ketones is 1. The highest BCUT2D eigenvalue weighted by atomic mass is 35.5. The first-order valence-electron chi connectivity index (χ1n) is 10.0. The fourth-order valence-corrected chi connectivity index (χ4v) is 4.80. The number of ether oxygens (including phenoxy) is 2. The lowest BCUT2D eigenvalue weighted by Gasteiger charge is -2.35. The average Bonchev–Trinajstić information content (AvgIpc) is 2.73. The van der Waals surface area contributed by atoms with Crippen LogP contribution >= 0.6 is 23.2 Å². The third-order valence-corrected chi connectivity index (χ3v) is 6.29. The number of carbonyl (C=O) groups is 2. The molecular weight excluding hydrogens is 437 g/mol. The van der Waals surface area contributed by atoms with Crippen LogP contribution in [0, 0.1) is 0 Å². The molecule has 31 heavy (non-hydrogen) atoms. The molecule has 1 heterocycles. The highest BCUT2D eigenvalue weighted by Gasteiger charge is 2.44. The van der Waals surface area contributed by atoms with Crippen LogP contribution < -0.4 is 5.73 Å². The molecule has 4 rings (SSSR count). The highest BCUT2D eigenvalue weighted by Crippen LogP contribution is 2.49. The summed E-state index contributed by atoms with van der Waals surface area (Å²) in [6, 6.07) is 14.5. The minimum atomic E-state index is -0.754. The van der Waals surface area contributed by atoms with Gasteiger partial charge in [0.05, 0.1) is 12.5 Å². The number of rotatable bonds is 4. The van der Waals surface area contributed by atoms with Crippen LogP contribution in [0.15, 0.2) is 71.3 Å². The van der Waals surface area contributed by atoms with Crippen LogP contribution in [0.5, 0.6) is 0 Å². The number of carbonyl (C=O) groups excluding carboxylic acids is 2. The maximum absolute atomic E-state index is 13.4. The van der Waals surface area contributed by atoms with Gasteiger partial charge >= 0.3 is 5.97 Å². The summed E-state index contributed by atoms with van der Waals surface area (Å²) in [6.07, 6.45) is 0.672. The lowest BCUT2D eigenvalue weighted by Crippen LogP contribution is -2.33. The first-order chi connectivity index (χ1) is 14.9. The van der Waals surface area contributed by atoms with E-state index in [9.17, 15) is 9.59 Å². The van der Waals surface area contributed by atoms with Crippen molar-refractivity contribution in [2.45, 2.75) is 31.6 Å². The summed E-state index contributed by atoms with van der Waals surface area (Å²) in [7, 11) is 0. The Labute approximate surface area is 190 Å². The average molecular weight is 458 g/mol. The quantitative estimate of drug-likeness (QED) is 0.634. The number of hydrogen-bond donors (Lipinski definition) is 1. The Balaban J connectivity index is 1.83. The maximum atomic E-state index is 13.4. The van der Waals surface area contributed by atoms with Crippen molar-refractivity contribution >= 4 is 35.0 Å². The van der Waals surface area contributed by atoms with Crippen molar-refractivity contribution < 1.29 is 19.1 Å². The van der Waals surface area contributed by atoms with Gasteiger partial charge in [0.25, 0.3) is 0 Å². The van der Waals surface area contributed by atoms with E-state index in [-0.39, 0.29) is 36.2 Å². The van der Waals surface area contributed by atoms with E-state index in [1.165, 1.54) is 0 Å². The van der Waals surface area contributed by atoms with Crippen molar-refractivity contribution in [1.82, 2.24) is 0 Å². The van der Waals surface area contributed by atoms with Gasteiger partial charge in [0.15, 0.2) is 5.78 Å². The summed E-state index contributed by atoms with van der Waals surface area (Å²) in [6.45, 7) is 1.87. The van der Waals surface area contributed by atoms with Crippen LogP contribution in [-0.2, 0) is 19.1 Å². The Bertz CT molecular complexity index is 1120. The Morgan fingerprint density at radius 3 is 2.29 bits per heavy atom. The SMILES string of the molecule is CCOC(=O)C1=C(N)OC2=C(C(=O)CC(c3ccccc3Cl)C2)C1c1ccccc1Cl. The zero-order chi connectivity index (χ0) is 22.1. The Kier molecular flexibility index (Phi) is 6.08. The summed E-state index contributed by atoms with van der Waals surface area (Å²) in [5, 5.41) is 1.02. The molecule has 2 atom stereocenters. The van der Waals surface area contributed by atoms with Gasteiger partial charge in [-0.2, -0.15) is 0 Å². The number of esters is 1. The van der Waals surface area contributed by atoms with Gasteiger partial charge in [-0.25, -0.2) is 4.79 Å². The molecular formula is C24H21Cl2NO4. The summed E-state index contributed by atoms with van der Waals surface area (Å²) >= 11 is 12.8. The van der Waals surface area contributed by atoms with Gasteiger partial charge < -0.3 is 15.2 Å². The normalized spacial score (nSPS) is 20.9. The zero-order valence-electron chi connectivity index (χ0n) is 16.9.